The van der Waals surface area contributed by atoms with Crippen molar-refractivity contribution in [1.29, 1.82) is 0 Å². The van der Waals surface area contributed by atoms with Gasteiger partial charge in [-0.15, -0.1) is 0 Å². The lowest BCUT2D eigenvalue weighted by atomic mass is 9.96. The number of ether oxygens (including phenoxy) is 3. The van der Waals surface area contributed by atoms with Crippen LogP contribution in [0.3, 0.4) is 0 Å². The predicted octanol–water partition coefficient (Wildman–Crippen LogP) is 2.97. The molecule has 0 aliphatic carbocycles. The zero-order valence-electron chi connectivity index (χ0n) is 15.2. The summed E-state index contributed by atoms with van der Waals surface area (Å²) in [5.41, 5.74) is 2.14. The Bertz CT molecular complexity index is 710. The molecule has 2 aromatic carbocycles. The first-order valence-corrected chi connectivity index (χ1v) is 8.84. The van der Waals surface area contributed by atoms with Crippen LogP contribution in [0.5, 0.6) is 11.5 Å². The number of methoxy groups -OCH3 is 2. The minimum Gasteiger partial charge on any atom is -0.497 e. The second-order valence-electron chi connectivity index (χ2n) is 6.58. The lowest BCUT2D eigenvalue weighted by Crippen LogP contribution is -2.32. The Morgan fingerprint density at radius 1 is 1.04 bits per heavy atom. The quantitative estimate of drug-likeness (QED) is 0.774. The van der Waals surface area contributed by atoms with E-state index in [0.717, 1.165) is 42.0 Å². The van der Waals surface area contributed by atoms with Crippen LogP contribution >= 0.6 is 0 Å². The van der Waals surface area contributed by atoms with Gasteiger partial charge in [-0.2, -0.15) is 0 Å². The Morgan fingerprint density at radius 3 is 2.38 bits per heavy atom. The number of hydrogen-bond donors (Lipinski definition) is 1. The molecule has 5 nitrogen and oxygen atoms in total. The highest BCUT2D eigenvalue weighted by Crippen LogP contribution is 2.27. The number of nitrogens with one attached hydrogen (secondary N) is 1. The van der Waals surface area contributed by atoms with Gasteiger partial charge < -0.3 is 19.5 Å². The van der Waals surface area contributed by atoms with Crippen molar-refractivity contribution in [1.82, 2.24) is 5.32 Å². The van der Waals surface area contributed by atoms with Crippen LogP contribution in [0.25, 0.3) is 0 Å². The Hall–Kier alpha value is -2.53. The molecule has 3 rings (SSSR count). The molecule has 1 aliphatic heterocycles. The molecule has 0 saturated carbocycles. The Morgan fingerprint density at radius 2 is 1.73 bits per heavy atom. The zero-order valence-corrected chi connectivity index (χ0v) is 15.2. The van der Waals surface area contributed by atoms with Crippen molar-refractivity contribution >= 4 is 5.97 Å². The molecule has 26 heavy (non-hydrogen) atoms. The van der Waals surface area contributed by atoms with Crippen LogP contribution in [0, 0.1) is 5.92 Å². The molecule has 1 N–H and O–H groups in total. The zero-order chi connectivity index (χ0) is 18.4. The highest BCUT2D eigenvalue weighted by Gasteiger charge is 2.30. The number of carbonyl (C=O) groups is 1. The summed E-state index contributed by atoms with van der Waals surface area (Å²) >= 11 is 0. The van der Waals surface area contributed by atoms with Gasteiger partial charge in [0.15, 0.2) is 0 Å². The van der Waals surface area contributed by atoms with Crippen molar-refractivity contribution in [2.45, 2.75) is 25.5 Å². The monoisotopic (exact) mass is 355 g/mol. The molecule has 0 unspecified atom stereocenters. The van der Waals surface area contributed by atoms with Crippen molar-refractivity contribution in [2.24, 2.45) is 5.92 Å². The van der Waals surface area contributed by atoms with Crippen LogP contribution in [0.15, 0.2) is 48.5 Å². The third-order valence-corrected chi connectivity index (χ3v) is 4.67. The van der Waals surface area contributed by atoms with Gasteiger partial charge in [0, 0.05) is 6.07 Å². The number of carbonyl (C=O) groups excluding carboxylic acids is 1. The van der Waals surface area contributed by atoms with Gasteiger partial charge in [0.25, 0.3) is 0 Å². The third kappa shape index (κ3) is 4.76. The summed E-state index contributed by atoms with van der Waals surface area (Å²) in [6, 6.07) is 15.4. The van der Waals surface area contributed by atoms with Gasteiger partial charge in [-0.3, -0.25) is 4.79 Å². The van der Waals surface area contributed by atoms with E-state index < -0.39 is 0 Å². The maximum absolute atomic E-state index is 12.3. The first-order chi connectivity index (χ1) is 12.7. The topological polar surface area (TPSA) is 56.8 Å². The largest absolute Gasteiger partial charge is 0.497 e. The normalized spacial score (nSPS) is 19.2. The lowest BCUT2D eigenvalue weighted by molar-refractivity contribution is -0.147. The number of rotatable bonds is 7. The summed E-state index contributed by atoms with van der Waals surface area (Å²) in [6.45, 7) is 1.11. The Kier molecular flexibility index (Phi) is 6.12. The summed E-state index contributed by atoms with van der Waals surface area (Å²) < 4.78 is 16.1. The molecule has 0 aromatic heterocycles. The molecule has 1 saturated heterocycles. The standard InChI is InChI=1S/C21H25NO4/c1-24-18-9-16(10-19(12-18)25-2)8-17-11-20(22-13-17)21(23)26-14-15-6-4-3-5-7-15/h3-7,9-10,12,17,20,22H,8,11,13-14H2,1-2H3/t17-,20+/m0/s1. The molecule has 2 atom stereocenters. The fourth-order valence-electron chi connectivity index (χ4n) is 3.29. The average Bonchev–Trinajstić information content (AvgIpc) is 3.15. The van der Waals surface area contributed by atoms with E-state index in [0.29, 0.717) is 12.5 Å². The molecule has 5 heteroatoms. The van der Waals surface area contributed by atoms with Crippen LogP contribution in [0.2, 0.25) is 0 Å². The molecule has 2 aromatic rings. The minimum absolute atomic E-state index is 0.181. The van der Waals surface area contributed by atoms with E-state index >= 15 is 0 Å². The lowest BCUT2D eigenvalue weighted by Gasteiger charge is -2.12. The summed E-state index contributed by atoms with van der Waals surface area (Å²) in [6.07, 6.45) is 1.64. The smallest absolute Gasteiger partial charge is 0.323 e. The Labute approximate surface area is 154 Å². The second kappa shape index (κ2) is 8.72. The van der Waals surface area contributed by atoms with Crippen LogP contribution in [-0.4, -0.2) is 32.8 Å². The first kappa shape index (κ1) is 18.3. The third-order valence-electron chi connectivity index (χ3n) is 4.67. The van der Waals surface area contributed by atoms with Crippen molar-refractivity contribution in [3.63, 3.8) is 0 Å². The molecular formula is C21H25NO4. The fraction of sp³-hybridized carbons (Fsp3) is 0.381. The molecule has 0 amide bonds. The molecular weight excluding hydrogens is 330 g/mol. The molecule has 138 valence electrons. The van der Waals surface area contributed by atoms with Crippen molar-refractivity contribution in [2.75, 3.05) is 20.8 Å². The first-order valence-electron chi connectivity index (χ1n) is 8.84. The summed E-state index contributed by atoms with van der Waals surface area (Å²) in [7, 11) is 3.29. The van der Waals surface area contributed by atoms with E-state index in [9.17, 15) is 4.79 Å². The van der Waals surface area contributed by atoms with E-state index in [1.807, 2.05) is 48.5 Å². The highest BCUT2D eigenvalue weighted by atomic mass is 16.5. The maximum Gasteiger partial charge on any atom is 0.323 e. The van der Waals surface area contributed by atoms with E-state index in [-0.39, 0.29) is 12.0 Å². The molecule has 1 aliphatic rings. The fourth-order valence-corrected chi connectivity index (χ4v) is 3.29. The predicted molar refractivity (Wildman–Crippen MR) is 99.4 cm³/mol. The average molecular weight is 355 g/mol. The van der Waals surface area contributed by atoms with Gasteiger partial charge >= 0.3 is 5.97 Å². The van der Waals surface area contributed by atoms with E-state index in [1.165, 1.54) is 0 Å². The Balaban J connectivity index is 1.53. The van der Waals surface area contributed by atoms with Crippen molar-refractivity contribution < 1.29 is 19.0 Å². The molecule has 0 bridgehead atoms. The van der Waals surface area contributed by atoms with Gasteiger partial charge in [0.2, 0.25) is 0 Å². The molecule has 0 spiro atoms. The van der Waals surface area contributed by atoms with Gasteiger partial charge in [-0.25, -0.2) is 0 Å². The van der Waals surface area contributed by atoms with E-state index in [1.54, 1.807) is 14.2 Å². The number of benzene rings is 2. The number of esters is 1. The SMILES string of the molecule is COc1cc(C[C@@H]2CN[C@@H](C(=O)OCc3ccccc3)C2)cc(OC)c1. The maximum atomic E-state index is 12.3. The van der Waals surface area contributed by atoms with Gasteiger partial charge in [0.1, 0.15) is 24.1 Å². The molecule has 1 heterocycles. The summed E-state index contributed by atoms with van der Waals surface area (Å²) in [5.74, 6) is 1.76. The number of hydrogen-bond acceptors (Lipinski definition) is 5. The van der Waals surface area contributed by atoms with Crippen LogP contribution in [0.4, 0.5) is 0 Å². The van der Waals surface area contributed by atoms with E-state index in [2.05, 4.69) is 5.32 Å². The molecule has 0 radical (unpaired) electrons. The second-order valence-corrected chi connectivity index (χ2v) is 6.58. The van der Waals surface area contributed by atoms with Crippen molar-refractivity contribution in [3.8, 4) is 11.5 Å². The van der Waals surface area contributed by atoms with Crippen LogP contribution in [0.1, 0.15) is 17.5 Å². The van der Waals surface area contributed by atoms with Crippen LogP contribution < -0.4 is 14.8 Å². The minimum atomic E-state index is -0.240. The molecule has 1 fully saturated rings. The summed E-state index contributed by atoms with van der Waals surface area (Å²) in [5, 5.41) is 3.28. The van der Waals surface area contributed by atoms with E-state index in [4.69, 9.17) is 14.2 Å². The van der Waals surface area contributed by atoms with Gasteiger partial charge in [-0.05, 0) is 48.6 Å². The summed E-state index contributed by atoms with van der Waals surface area (Å²) in [4.78, 5) is 12.3. The van der Waals surface area contributed by atoms with Gasteiger partial charge in [0.05, 0.1) is 14.2 Å². The van der Waals surface area contributed by atoms with Crippen LogP contribution in [-0.2, 0) is 22.6 Å². The highest BCUT2D eigenvalue weighted by molar-refractivity contribution is 5.76. The van der Waals surface area contributed by atoms with Gasteiger partial charge in [-0.1, -0.05) is 30.3 Å². The van der Waals surface area contributed by atoms with Crippen molar-refractivity contribution in [3.05, 3.63) is 59.7 Å².